The Morgan fingerprint density at radius 2 is 2.11 bits per heavy atom. The molecule has 18 heavy (non-hydrogen) atoms. The standard InChI is InChI=1S/C14H25N3S/c1-11-12(10-15-4)18-13(16-11)17-8-5-6-14(2,3)7-9-17/h15H,5-10H2,1-4H3. The van der Waals surface area contributed by atoms with Crippen molar-refractivity contribution in [2.45, 2.75) is 46.6 Å². The highest BCUT2D eigenvalue weighted by atomic mass is 32.1. The van der Waals surface area contributed by atoms with Crippen LogP contribution in [0.25, 0.3) is 0 Å². The summed E-state index contributed by atoms with van der Waals surface area (Å²) in [6.07, 6.45) is 3.89. The molecular formula is C14H25N3S. The van der Waals surface area contributed by atoms with Crippen LogP contribution in [-0.2, 0) is 6.54 Å². The lowest BCUT2D eigenvalue weighted by Crippen LogP contribution is -2.24. The zero-order valence-electron chi connectivity index (χ0n) is 12.0. The predicted octanol–water partition coefficient (Wildman–Crippen LogP) is 3.19. The maximum absolute atomic E-state index is 4.75. The molecule has 1 fully saturated rings. The van der Waals surface area contributed by atoms with Crippen LogP contribution in [0.1, 0.15) is 43.7 Å². The second-order valence-corrected chi connectivity index (χ2v) is 7.10. The van der Waals surface area contributed by atoms with E-state index in [-0.39, 0.29) is 0 Å². The van der Waals surface area contributed by atoms with E-state index in [1.807, 2.05) is 18.4 Å². The summed E-state index contributed by atoms with van der Waals surface area (Å²) in [6, 6.07) is 0. The van der Waals surface area contributed by atoms with Gasteiger partial charge in [-0.2, -0.15) is 0 Å². The molecule has 0 bridgehead atoms. The Hall–Kier alpha value is -0.610. The van der Waals surface area contributed by atoms with Gasteiger partial charge in [0.15, 0.2) is 5.13 Å². The van der Waals surface area contributed by atoms with Crippen LogP contribution in [0.3, 0.4) is 0 Å². The quantitative estimate of drug-likeness (QED) is 0.911. The number of thiazole rings is 1. The number of hydrogen-bond donors (Lipinski definition) is 1. The summed E-state index contributed by atoms with van der Waals surface area (Å²) in [5, 5.41) is 4.44. The minimum atomic E-state index is 0.495. The van der Waals surface area contributed by atoms with Gasteiger partial charge in [0.2, 0.25) is 0 Å². The van der Waals surface area contributed by atoms with Crippen LogP contribution in [0.5, 0.6) is 0 Å². The zero-order chi connectivity index (χ0) is 13.2. The Balaban J connectivity index is 2.09. The molecule has 0 spiro atoms. The van der Waals surface area contributed by atoms with Crippen molar-refractivity contribution in [3.8, 4) is 0 Å². The maximum atomic E-state index is 4.75. The molecule has 0 saturated carbocycles. The van der Waals surface area contributed by atoms with Gasteiger partial charge >= 0.3 is 0 Å². The largest absolute Gasteiger partial charge is 0.348 e. The molecule has 1 N–H and O–H groups in total. The fourth-order valence-corrected chi connectivity index (χ4v) is 3.61. The Bertz CT molecular complexity index is 398. The van der Waals surface area contributed by atoms with Gasteiger partial charge in [0, 0.05) is 24.5 Å². The smallest absolute Gasteiger partial charge is 0.185 e. The molecule has 0 aliphatic carbocycles. The summed E-state index contributed by atoms with van der Waals surface area (Å²) in [4.78, 5) is 8.60. The molecule has 0 atom stereocenters. The molecule has 0 amide bonds. The van der Waals surface area contributed by atoms with Crippen LogP contribution in [0, 0.1) is 12.3 Å². The summed E-state index contributed by atoms with van der Waals surface area (Å²) < 4.78 is 0. The molecular weight excluding hydrogens is 242 g/mol. The van der Waals surface area contributed by atoms with Crippen molar-refractivity contribution in [3.05, 3.63) is 10.6 Å². The van der Waals surface area contributed by atoms with E-state index < -0.39 is 0 Å². The monoisotopic (exact) mass is 267 g/mol. The molecule has 2 heterocycles. The number of nitrogens with zero attached hydrogens (tertiary/aromatic N) is 2. The maximum Gasteiger partial charge on any atom is 0.185 e. The first-order chi connectivity index (χ1) is 8.52. The van der Waals surface area contributed by atoms with Gasteiger partial charge < -0.3 is 10.2 Å². The molecule has 1 saturated heterocycles. The number of nitrogens with one attached hydrogen (secondary N) is 1. The van der Waals surface area contributed by atoms with Gasteiger partial charge in [0.1, 0.15) is 0 Å². The molecule has 1 aliphatic heterocycles. The van der Waals surface area contributed by atoms with Gasteiger partial charge in [-0.05, 0) is 38.6 Å². The molecule has 0 unspecified atom stereocenters. The molecule has 0 radical (unpaired) electrons. The minimum Gasteiger partial charge on any atom is -0.348 e. The lowest BCUT2D eigenvalue weighted by molar-refractivity contribution is 0.325. The van der Waals surface area contributed by atoms with Crippen LogP contribution >= 0.6 is 11.3 Å². The molecule has 1 aliphatic rings. The lowest BCUT2D eigenvalue weighted by Gasteiger charge is -2.22. The van der Waals surface area contributed by atoms with Crippen molar-refractivity contribution in [1.29, 1.82) is 0 Å². The van der Waals surface area contributed by atoms with Crippen LogP contribution in [0.2, 0.25) is 0 Å². The number of rotatable bonds is 3. The summed E-state index contributed by atoms with van der Waals surface area (Å²) in [7, 11) is 1.99. The Morgan fingerprint density at radius 1 is 1.33 bits per heavy atom. The second-order valence-electron chi connectivity index (χ2n) is 6.04. The van der Waals surface area contributed by atoms with Crippen molar-refractivity contribution in [2.75, 3.05) is 25.0 Å². The molecule has 3 nitrogen and oxygen atoms in total. The lowest BCUT2D eigenvalue weighted by atomic mass is 9.85. The molecule has 1 aromatic heterocycles. The first-order valence-corrected chi connectivity index (χ1v) is 7.69. The first kappa shape index (κ1) is 13.8. The van der Waals surface area contributed by atoms with E-state index in [0.717, 1.165) is 19.6 Å². The van der Waals surface area contributed by atoms with Gasteiger partial charge in [-0.3, -0.25) is 0 Å². The van der Waals surface area contributed by atoms with E-state index in [2.05, 4.69) is 31.0 Å². The zero-order valence-corrected chi connectivity index (χ0v) is 12.9. The molecule has 4 heteroatoms. The van der Waals surface area contributed by atoms with Gasteiger partial charge in [0.25, 0.3) is 0 Å². The first-order valence-electron chi connectivity index (χ1n) is 6.88. The van der Waals surface area contributed by atoms with Crippen LogP contribution in [0.15, 0.2) is 0 Å². The van der Waals surface area contributed by atoms with Crippen LogP contribution in [-0.4, -0.2) is 25.1 Å². The normalized spacial score (nSPS) is 19.9. The fraction of sp³-hybridized carbons (Fsp3) is 0.786. The van der Waals surface area contributed by atoms with Crippen molar-refractivity contribution in [2.24, 2.45) is 5.41 Å². The van der Waals surface area contributed by atoms with E-state index >= 15 is 0 Å². The van der Waals surface area contributed by atoms with E-state index in [0.29, 0.717) is 5.41 Å². The van der Waals surface area contributed by atoms with Crippen molar-refractivity contribution in [3.63, 3.8) is 0 Å². The van der Waals surface area contributed by atoms with E-state index in [1.54, 1.807) is 0 Å². The average molecular weight is 267 g/mol. The van der Waals surface area contributed by atoms with Gasteiger partial charge in [0.05, 0.1) is 5.69 Å². The highest BCUT2D eigenvalue weighted by molar-refractivity contribution is 7.15. The highest BCUT2D eigenvalue weighted by Crippen LogP contribution is 2.33. The number of aromatic nitrogens is 1. The Morgan fingerprint density at radius 3 is 2.83 bits per heavy atom. The van der Waals surface area contributed by atoms with E-state index in [9.17, 15) is 0 Å². The van der Waals surface area contributed by atoms with Crippen LogP contribution in [0.4, 0.5) is 5.13 Å². The summed E-state index contributed by atoms with van der Waals surface area (Å²) >= 11 is 1.85. The van der Waals surface area contributed by atoms with Crippen LogP contribution < -0.4 is 10.2 Å². The van der Waals surface area contributed by atoms with Crippen molar-refractivity contribution < 1.29 is 0 Å². The van der Waals surface area contributed by atoms with Crippen molar-refractivity contribution >= 4 is 16.5 Å². The van der Waals surface area contributed by atoms with Crippen molar-refractivity contribution in [1.82, 2.24) is 10.3 Å². The fourth-order valence-electron chi connectivity index (χ4n) is 2.49. The molecule has 0 aromatic carbocycles. The molecule has 2 rings (SSSR count). The Kier molecular flexibility index (Phi) is 4.28. The number of anilines is 1. The summed E-state index contributed by atoms with van der Waals surface area (Å²) in [5.41, 5.74) is 1.68. The molecule has 102 valence electrons. The summed E-state index contributed by atoms with van der Waals surface area (Å²) in [5.74, 6) is 0. The SMILES string of the molecule is CNCc1sc(N2CCCC(C)(C)CC2)nc1C. The summed E-state index contributed by atoms with van der Waals surface area (Å²) in [6.45, 7) is 10.1. The third-order valence-corrected chi connectivity index (χ3v) is 5.05. The van der Waals surface area contributed by atoms with Gasteiger partial charge in [-0.25, -0.2) is 4.98 Å². The minimum absolute atomic E-state index is 0.495. The predicted molar refractivity (Wildman–Crippen MR) is 79.5 cm³/mol. The average Bonchev–Trinajstić information content (AvgIpc) is 2.55. The topological polar surface area (TPSA) is 28.2 Å². The number of hydrogen-bond acceptors (Lipinski definition) is 4. The van der Waals surface area contributed by atoms with Gasteiger partial charge in [-0.1, -0.05) is 13.8 Å². The Labute approximate surface area is 115 Å². The third-order valence-electron chi connectivity index (χ3n) is 3.83. The van der Waals surface area contributed by atoms with E-state index in [4.69, 9.17) is 4.98 Å². The number of aryl methyl sites for hydroxylation is 1. The third kappa shape index (κ3) is 3.23. The van der Waals surface area contributed by atoms with E-state index in [1.165, 1.54) is 35.0 Å². The van der Waals surface area contributed by atoms with Gasteiger partial charge in [-0.15, -0.1) is 11.3 Å². The highest BCUT2D eigenvalue weighted by Gasteiger charge is 2.24. The second kappa shape index (κ2) is 5.57. The molecule has 1 aromatic rings.